The summed E-state index contributed by atoms with van der Waals surface area (Å²) in [5.41, 5.74) is 1.24. The first-order valence-corrected chi connectivity index (χ1v) is 8.71. The van der Waals surface area contributed by atoms with Crippen LogP contribution in [0.25, 0.3) is 6.08 Å². The number of unbranched alkanes of at least 4 members (excludes halogenated alkanes) is 7. The van der Waals surface area contributed by atoms with Gasteiger partial charge in [0.1, 0.15) is 0 Å². The van der Waals surface area contributed by atoms with E-state index in [9.17, 15) is 0 Å². The second-order valence-corrected chi connectivity index (χ2v) is 6.16. The molecule has 0 aromatic heterocycles. The van der Waals surface area contributed by atoms with Crippen LogP contribution in [0.3, 0.4) is 0 Å². The normalized spacial score (nSPS) is 12.2. The topological polar surface area (TPSA) is 0 Å². The van der Waals surface area contributed by atoms with E-state index in [1.165, 1.54) is 61.4 Å². The molecule has 0 bridgehead atoms. The Kier molecular flexibility index (Phi) is 10.3. The van der Waals surface area contributed by atoms with E-state index >= 15 is 0 Å². The van der Waals surface area contributed by atoms with Gasteiger partial charge in [-0.2, -0.15) is 0 Å². The summed E-state index contributed by atoms with van der Waals surface area (Å²) in [4.78, 5) is 0. The summed E-state index contributed by atoms with van der Waals surface area (Å²) in [5.74, 6) is 0. The summed E-state index contributed by atoms with van der Waals surface area (Å²) in [6, 6.07) is 10.4. The Labute approximate surface area is 133 Å². The average molecular weight is 335 g/mol. The van der Waals surface area contributed by atoms with Crippen molar-refractivity contribution in [2.75, 3.05) is 0 Å². The number of rotatable bonds is 10. The molecule has 110 valence electrons. The molecule has 0 radical (unpaired) electrons. The molecule has 0 atom stereocenters. The third kappa shape index (κ3) is 9.14. The van der Waals surface area contributed by atoms with Gasteiger partial charge in [-0.1, -0.05) is 104 Å². The molecule has 0 unspecified atom stereocenters. The minimum absolute atomic E-state index is 1.17. The van der Waals surface area contributed by atoms with Crippen molar-refractivity contribution in [3.63, 3.8) is 0 Å². The van der Waals surface area contributed by atoms with E-state index in [4.69, 9.17) is 0 Å². The highest BCUT2D eigenvalue weighted by atomic mass is 79.9. The van der Waals surface area contributed by atoms with Gasteiger partial charge < -0.3 is 0 Å². The van der Waals surface area contributed by atoms with Crippen LogP contribution in [0.15, 0.2) is 47.0 Å². The second-order valence-electron chi connectivity index (χ2n) is 5.24. The molecule has 0 aliphatic carbocycles. The SMILES string of the molecule is CCCCCCCCC/C=C(Br)/C=C/c1ccccc1. The average Bonchev–Trinajstić information content (AvgIpc) is 2.49. The van der Waals surface area contributed by atoms with E-state index in [1.54, 1.807) is 0 Å². The summed E-state index contributed by atoms with van der Waals surface area (Å²) in [6.45, 7) is 2.27. The minimum Gasteiger partial charge on any atom is -0.0703 e. The number of allylic oxidation sites excluding steroid dienone is 3. The quantitative estimate of drug-likeness (QED) is 0.315. The Hall–Kier alpha value is -0.820. The van der Waals surface area contributed by atoms with Gasteiger partial charge in [0.15, 0.2) is 0 Å². The van der Waals surface area contributed by atoms with Crippen molar-refractivity contribution < 1.29 is 0 Å². The first kappa shape index (κ1) is 17.2. The van der Waals surface area contributed by atoms with Gasteiger partial charge in [0.05, 0.1) is 0 Å². The Morgan fingerprint density at radius 3 is 2.30 bits per heavy atom. The van der Waals surface area contributed by atoms with Crippen molar-refractivity contribution in [2.24, 2.45) is 0 Å². The van der Waals surface area contributed by atoms with E-state index in [-0.39, 0.29) is 0 Å². The summed E-state index contributed by atoms with van der Waals surface area (Å²) >= 11 is 3.61. The zero-order valence-electron chi connectivity index (χ0n) is 12.7. The highest BCUT2D eigenvalue weighted by Crippen LogP contribution is 2.14. The summed E-state index contributed by atoms with van der Waals surface area (Å²) < 4.78 is 1.19. The molecule has 1 heteroatoms. The van der Waals surface area contributed by atoms with Crippen molar-refractivity contribution in [1.29, 1.82) is 0 Å². The number of halogens is 1. The fraction of sp³-hybridized carbons (Fsp3) is 0.474. The van der Waals surface area contributed by atoms with Crippen molar-refractivity contribution >= 4 is 22.0 Å². The molecule has 0 amide bonds. The lowest BCUT2D eigenvalue weighted by molar-refractivity contribution is 0.592. The molecule has 0 fully saturated rings. The van der Waals surface area contributed by atoms with Gasteiger partial charge in [0, 0.05) is 4.48 Å². The third-order valence-corrected chi connectivity index (χ3v) is 3.97. The molecular formula is C19H27Br. The zero-order valence-corrected chi connectivity index (χ0v) is 14.2. The second kappa shape index (κ2) is 12.0. The van der Waals surface area contributed by atoms with Gasteiger partial charge in [0.2, 0.25) is 0 Å². The van der Waals surface area contributed by atoms with Crippen molar-refractivity contribution in [3.05, 3.63) is 52.5 Å². The zero-order chi connectivity index (χ0) is 14.5. The number of benzene rings is 1. The fourth-order valence-corrected chi connectivity index (χ4v) is 2.51. The van der Waals surface area contributed by atoms with E-state index in [1.807, 2.05) is 6.07 Å². The smallest absolute Gasteiger partial charge is 0.0135 e. The Morgan fingerprint density at radius 1 is 0.950 bits per heavy atom. The lowest BCUT2D eigenvalue weighted by Crippen LogP contribution is -1.79. The predicted molar refractivity (Wildman–Crippen MR) is 95.1 cm³/mol. The van der Waals surface area contributed by atoms with Gasteiger partial charge in [-0.15, -0.1) is 0 Å². The maximum Gasteiger partial charge on any atom is 0.0135 e. The van der Waals surface area contributed by atoms with Crippen LogP contribution in [0.5, 0.6) is 0 Å². The van der Waals surface area contributed by atoms with Crippen LogP contribution in [0.1, 0.15) is 63.9 Å². The maximum atomic E-state index is 3.61. The standard InChI is InChI=1S/C19H27Br/c1-2-3-4-5-6-7-8-12-15-19(20)17-16-18-13-10-9-11-14-18/h9-11,13-17H,2-8,12H2,1H3/b17-16+,19-15-. The first-order chi connectivity index (χ1) is 9.83. The predicted octanol–water partition coefficient (Wildman–Crippen LogP) is 7.12. The van der Waals surface area contributed by atoms with Crippen LogP contribution in [0, 0.1) is 0 Å². The van der Waals surface area contributed by atoms with Gasteiger partial charge >= 0.3 is 0 Å². The molecule has 0 nitrogen and oxygen atoms in total. The van der Waals surface area contributed by atoms with Gasteiger partial charge in [-0.3, -0.25) is 0 Å². The molecular weight excluding hydrogens is 308 g/mol. The molecule has 0 spiro atoms. The number of hydrogen-bond acceptors (Lipinski definition) is 0. The maximum absolute atomic E-state index is 3.61. The Bertz CT molecular complexity index is 389. The fourth-order valence-electron chi connectivity index (χ4n) is 2.15. The third-order valence-electron chi connectivity index (χ3n) is 3.38. The number of hydrogen-bond donors (Lipinski definition) is 0. The van der Waals surface area contributed by atoms with Crippen LogP contribution in [-0.2, 0) is 0 Å². The highest BCUT2D eigenvalue weighted by Gasteiger charge is 1.91. The lowest BCUT2D eigenvalue weighted by Gasteiger charge is -1.99. The van der Waals surface area contributed by atoms with Crippen LogP contribution in [-0.4, -0.2) is 0 Å². The first-order valence-electron chi connectivity index (χ1n) is 7.91. The van der Waals surface area contributed by atoms with Gasteiger partial charge in [-0.25, -0.2) is 0 Å². The van der Waals surface area contributed by atoms with Crippen molar-refractivity contribution in [3.8, 4) is 0 Å². The summed E-state index contributed by atoms with van der Waals surface area (Å²) in [5, 5.41) is 0. The largest absolute Gasteiger partial charge is 0.0703 e. The monoisotopic (exact) mass is 334 g/mol. The molecule has 0 saturated carbocycles. The van der Waals surface area contributed by atoms with Gasteiger partial charge in [-0.05, 0) is 24.5 Å². The van der Waals surface area contributed by atoms with Crippen LogP contribution in [0.4, 0.5) is 0 Å². The van der Waals surface area contributed by atoms with Gasteiger partial charge in [0.25, 0.3) is 0 Å². The van der Waals surface area contributed by atoms with Crippen LogP contribution in [0.2, 0.25) is 0 Å². The van der Waals surface area contributed by atoms with E-state index in [2.05, 4.69) is 65.3 Å². The highest BCUT2D eigenvalue weighted by molar-refractivity contribution is 9.11. The molecule has 1 aromatic carbocycles. The molecule has 0 N–H and O–H groups in total. The van der Waals surface area contributed by atoms with E-state index in [0.29, 0.717) is 0 Å². The van der Waals surface area contributed by atoms with Crippen molar-refractivity contribution in [2.45, 2.75) is 58.3 Å². The Balaban J connectivity index is 2.11. The summed E-state index contributed by atoms with van der Waals surface area (Å²) in [7, 11) is 0. The van der Waals surface area contributed by atoms with Crippen LogP contribution < -0.4 is 0 Å². The molecule has 0 saturated heterocycles. The molecule has 20 heavy (non-hydrogen) atoms. The molecule has 1 aromatic rings. The minimum atomic E-state index is 1.17. The Morgan fingerprint density at radius 2 is 1.60 bits per heavy atom. The van der Waals surface area contributed by atoms with Crippen LogP contribution >= 0.6 is 15.9 Å². The summed E-state index contributed by atoms with van der Waals surface area (Å²) in [6.07, 6.45) is 17.4. The van der Waals surface area contributed by atoms with Crippen molar-refractivity contribution in [1.82, 2.24) is 0 Å². The molecule has 0 aliphatic rings. The molecule has 1 rings (SSSR count). The molecule has 0 heterocycles. The van der Waals surface area contributed by atoms with E-state index < -0.39 is 0 Å². The molecule has 0 aliphatic heterocycles. The lowest BCUT2D eigenvalue weighted by atomic mass is 10.1. The van der Waals surface area contributed by atoms with E-state index in [0.717, 1.165) is 0 Å².